The molecule has 0 N–H and O–H groups in total. The summed E-state index contributed by atoms with van der Waals surface area (Å²) in [5.74, 6) is 0. The van der Waals surface area contributed by atoms with Gasteiger partial charge in [0.2, 0.25) is 0 Å². The van der Waals surface area contributed by atoms with Gasteiger partial charge in [-0.1, -0.05) is 22.4 Å². The minimum Gasteiger partial charge on any atom is -0.381 e. The molecule has 1 heterocycles. The van der Waals surface area contributed by atoms with Crippen molar-refractivity contribution < 1.29 is 4.74 Å². The first-order valence-electron chi connectivity index (χ1n) is 6.09. The molecule has 15 heavy (non-hydrogen) atoms. The van der Waals surface area contributed by atoms with E-state index >= 15 is 0 Å². The zero-order chi connectivity index (χ0) is 10.7. The van der Waals surface area contributed by atoms with Crippen LogP contribution in [0, 0.1) is 5.41 Å². The van der Waals surface area contributed by atoms with E-state index in [4.69, 9.17) is 4.74 Å². The Morgan fingerprint density at radius 3 is 2.40 bits per heavy atom. The van der Waals surface area contributed by atoms with Crippen molar-refractivity contribution >= 4 is 15.9 Å². The molecule has 2 nitrogen and oxygen atoms in total. The van der Waals surface area contributed by atoms with Gasteiger partial charge >= 0.3 is 0 Å². The number of alkyl halides is 1. The predicted octanol–water partition coefficient (Wildman–Crippen LogP) is 2.66. The topological polar surface area (TPSA) is 12.5 Å². The molecule has 3 heteroatoms. The van der Waals surface area contributed by atoms with Gasteiger partial charge in [-0.2, -0.15) is 0 Å². The summed E-state index contributed by atoms with van der Waals surface area (Å²) in [5.41, 5.74) is 0.611. The van der Waals surface area contributed by atoms with E-state index in [-0.39, 0.29) is 0 Å². The summed E-state index contributed by atoms with van der Waals surface area (Å²) in [7, 11) is 1.84. The molecule has 1 saturated carbocycles. The zero-order valence-corrected chi connectivity index (χ0v) is 11.3. The van der Waals surface area contributed by atoms with Gasteiger partial charge in [0.25, 0.3) is 0 Å². The fourth-order valence-electron chi connectivity index (χ4n) is 2.79. The number of halogens is 1. The van der Waals surface area contributed by atoms with Crippen LogP contribution in [0.3, 0.4) is 0 Å². The van der Waals surface area contributed by atoms with Gasteiger partial charge in [-0.25, -0.2) is 0 Å². The van der Waals surface area contributed by atoms with Crippen LogP contribution in [0.5, 0.6) is 0 Å². The van der Waals surface area contributed by atoms with E-state index in [0.29, 0.717) is 11.5 Å². The normalized spacial score (nSPS) is 27.6. The Balaban J connectivity index is 1.76. The molecule has 88 valence electrons. The molecular formula is C12H22BrNO. The Kier molecular flexibility index (Phi) is 4.08. The number of nitrogens with zero attached hydrogens (tertiary/aromatic N) is 1. The molecule has 0 aromatic carbocycles. The number of rotatable bonds is 4. The quantitative estimate of drug-likeness (QED) is 0.732. The van der Waals surface area contributed by atoms with Crippen LogP contribution in [0.25, 0.3) is 0 Å². The van der Waals surface area contributed by atoms with Crippen molar-refractivity contribution in [3.63, 3.8) is 0 Å². The highest BCUT2D eigenvalue weighted by atomic mass is 79.9. The summed E-state index contributed by atoms with van der Waals surface area (Å²) in [4.78, 5) is 2.63. The highest BCUT2D eigenvalue weighted by Crippen LogP contribution is 2.43. The standard InChI is InChI=1S/C12H22BrNO/c1-15-11-3-7-14(8-4-11)10-12(9-13)5-2-6-12/h11H,2-10H2,1H3. The van der Waals surface area contributed by atoms with Crippen LogP contribution in [-0.4, -0.2) is 43.1 Å². The summed E-state index contributed by atoms with van der Waals surface area (Å²) in [6.45, 7) is 3.76. The first kappa shape index (κ1) is 11.9. The Morgan fingerprint density at radius 1 is 1.33 bits per heavy atom. The van der Waals surface area contributed by atoms with Gasteiger partial charge < -0.3 is 9.64 Å². The maximum Gasteiger partial charge on any atom is 0.0595 e. The number of ether oxygens (including phenoxy) is 1. The smallest absolute Gasteiger partial charge is 0.0595 e. The third-order valence-corrected chi connectivity index (χ3v) is 5.31. The lowest BCUT2D eigenvalue weighted by molar-refractivity contribution is 0.0152. The van der Waals surface area contributed by atoms with Gasteiger partial charge in [-0.3, -0.25) is 0 Å². The second-order valence-electron chi connectivity index (χ2n) is 5.20. The molecule has 2 aliphatic rings. The van der Waals surface area contributed by atoms with Gasteiger partial charge in [0.1, 0.15) is 0 Å². The second kappa shape index (κ2) is 5.15. The first-order chi connectivity index (χ1) is 7.28. The van der Waals surface area contributed by atoms with E-state index in [2.05, 4.69) is 20.8 Å². The zero-order valence-electron chi connectivity index (χ0n) is 9.67. The summed E-state index contributed by atoms with van der Waals surface area (Å²) < 4.78 is 5.40. The molecule has 0 radical (unpaired) electrons. The molecule has 0 spiro atoms. The average Bonchev–Trinajstić information content (AvgIpc) is 2.24. The van der Waals surface area contributed by atoms with Gasteiger partial charge in [-0.05, 0) is 31.1 Å². The molecule has 0 bridgehead atoms. The van der Waals surface area contributed by atoms with Gasteiger partial charge in [0, 0.05) is 32.1 Å². The molecular weight excluding hydrogens is 254 g/mol. The van der Waals surface area contributed by atoms with Crippen molar-refractivity contribution in [2.24, 2.45) is 5.41 Å². The number of hydrogen-bond acceptors (Lipinski definition) is 2. The van der Waals surface area contributed by atoms with Crippen LogP contribution in [-0.2, 0) is 4.74 Å². The third-order valence-electron chi connectivity index (χ3n) is 4.12. The number of methoxy groups -OCH3 is 1. The minimum atomic E-state index is 0.516. The molecule has 0 aromatic rings. The Hall–Kier alpha value is 0.400. The molecule has 0 unspecified atom stereocenters. The van der Waals surface area contributed by atoms with Crippen LogP contribution in [0.15, 0.2) is 0 Å². The Bertz CT molecular complexity index is 192. The van der Waals surface area contributed by atoms with Crippen LogP contribution >= 0.6 is 15.9 Å². The van der Waals surface area contributed by atoms with Crippen LogP contribution in [0.1, 0.15) is 32.1 Å². The number of piperidine rings is 1. The highest BCUT2D eigenvalue weighted by molar-refractivity contribution is 9.09. The van der Waals surface area contributed by atoms with E-state index in [1.54, 1.807) is 0 Å². The number of likely N-dealkylation sites (tertiary alicyclic amines) is 1. The number of hydrogen-bond donors (Lipinski definition) is 0. The van der Waals surface area contributed by atoms with Crippen LogP contribution < -0.4 is 0 Å². The maximum absolute atomic E-state index is 5.40. The molecule has 1 aliphatic heterocycles. The molecule has 0 amide bonds. The van der Waals surface area contributed by atoms with Gasteiger partial charge in [0.05, 0.1) is 6.10 Å². The average molecular weight is 276 g/mol. The van der Waals surface area contributed by atoms with Crippen molar-refractivity contribution in [3.8, 4) is 0 Å². The molecule has 2 rings (SSSR count). The predicted molar refractivity (Wildman–Crippen MR) is 66.5 cm³/mol. The fraction of sp³-hybridized carbons (Fsp3) is 1.00. The lowest BCUT2D eigenvalue weighted by atomic mass is 9.70. The maximum atomic E-state index is 5.40. The minimum absolute atomic E-state index is 0.516. The fourth-order valence-corrected chi connectivity index (χ4v) is 3.53. The van der Waals surface area contributed by atoms with Crippen molar-refractivity contribution in [2.45, 2.75) is 38.2 Å². The summed E-state index contributed by atoms with van der Waals surface area (Å²) >= 11 is 3.68. The van der Waals surface area contributed by atoms with Gasteiger partial charge in [0.15, 0.2) is 0 Å². The van der Waals surface area contributed by atoms with Crippen LogP contribution in [0.2, 0.25) is 0 Å². The van der Waals surface area contributed by atoms with Crippen LogP contribution in [0.4, 0.5) is 0 Å². The monoisotopic (exact) mass is 275 g/mol. The molecule has 1 saturated heterocycles. The largest absolute Gasteiger partial charge is 0.381 e. The second-order valence-corrected chi connectivity index (χ2v) is 5.76. The van der Waals surface area contributed by atoms with Crippen molar-refractivity contribution in [1.29, 1.82) is 0 Å². The van der Waals surface area contributed by atoms with Crippen molar-refractivity contribution in [2.75, 3.05) is 32.1 Å². The van der Waals surface area contributed by atoms with Crippen molar-refractivity contribution in [1.82, 2.24) is 4.90 Å². The molecule has 0 atom stereocenters. The summed E-state index contributed by atoms with van der Waals surface area (Å²) in [5, 5.41) is 1.18. The molecule has 2 fully saturated rings. The van der Waals surface area contributed by atoms with E-state index < -0.39 is 0 Å². The Labute approximate surface area is 101 Å². The Morgan fingerprint density at radius 2 is 2.00 bits per heavy atom. The van der Waals surface area contributed by atoms with E-state index in [0.717, 1.165) is 0 Å². The highest BCUT2D eigenvalue weighted by Gasteiger charge is 2.37. The van der Waals surface area contributed by atoms with E-state index in [1.807, 2.05) is 7.11 Å². The SMILES string of the molecule is COC1CCN(CC2(CBr)CCC2)CC1. The lowest BCUT2D eigenvalue weighted by Gasteiger charge is -2.45. The first-order valence-corrected chi connectivity index (χ1v) is 7.21. The van der Waals surface area contributed by atoms with E-state index in [9.17, 15) is 0 Å². The summed E-state index contributed by atoms with van der Waals surface area (Å²) in [6.07, 6.45) is 7.22. The van der Waals surface area contributed by atoms with Crippen molar-refractivity contribution in [3.05, 3.63) is 0 Å². The lowest BCUT2D eigenvalue weighted by Crippen LogP contribution is -2.47. The molecule has 0 aromatic heterocycles. The third kappa shape index (κ3) is 2.75. The molecule has 1 aliphatic carbocycles. The van der Waals surface area contributed by atoms with E-state index in [1.165, 1.54) is 57.1 Å². The summed E-state index contributed by atoms with van der Waals surface area (Å²) in [6, 6.07) is 0. The van der Waals surface area contributed by atoms with Gasteiger partial charge in [-0.15, -0.1) is 0 Å².